The van der Waals surface area contributed by atoms with Gasteiger partial charge in [0.1, 0.15) is 18.0 Å². The maximum atomic E-state index is 11.4. The Morgan fingerprint density at radius 2 is 1.71 bits per heavy atom. The van der Waals surface area contributed by atoms with Crippen molar-refractivity contribution < 1.29 is 4.79 Å². The number of aromatic nitrogens is 2. The van der Waals surface area contributed by atoms with Crippen molar-refractivity contribution in [1.29, 1.82) is 0 Å². The Kier molecular flexibility index (Phi) is 4.79. The second kappa shape index (κ2) is 7.16. The Morgan fingerprint density at radius 1 is 1.04 bits per heavy atom. The highest BCUT2D eigenvalue weighted by atomic mass is 16.2. The SMILES string of the molecule is CNc1cc(Nc2ccc(N3CCN(C(C)=O)CC3)cc2)ncn1. The first-order valence-corrected chi connectivity index (χ1v) is 8.03. The number of anilines is 4. The standard InChI is InChI=1S/C17H22N6O/c1-13(24)22-7-9-23(10-8-22)15-5-3-14(4-6-15)21-17-11-16(18-2)19-12-20-17/h3-6,11-12H,7-10H2,1-2H3,(H2,18,19,20,21). The summed E-state index contributed by atoms with van der Waals surface area (Å²) in [4.78, 5) is 23.9. The molecule has 0 atom stereocenters. The van der Waals surface area contributed by atoms with E-state index >= 15 is 0 Å². The van der Waals surface area contributed by atoms with Gasteiger partial charge in [-0.25, -0.2) is 9.97 Å². The van der Waals surface area contributed by atoms with Crippen LogP contribution in [0.2, 0.25) is 0 Å². The fourth-order valence-corrected chi connectivity index (χ4v) is 2.75. The van der Waals surface area contributed by atoms with Gasteiger partial charge in [-0.2, -0.15) is 0 Å². The molecular formula is C17H22N6O. The molecule has 2 N–H and O–H groups in total. The van der Waals surface area contributed by atoms with Gasteiger partial charge in [0.2, 0.25) is 5.91 Å². The van der Waals surface area contributed by atoms with Crippen LogP contribution in [0.3, 0.4) is 0 Å². The van der Waals surface area contributed by atoms with Gasteiger partial charge in [-0.1, -0.05) is 0 Å². The van der Waals surface area contributed by atoms with Crippen LogP contribution in [-0.4, -0.2) is 54.0 Å². The van der Waals surface area contributed by atoms with Gasteiger partial charge in [0, 0.05) is 57.6 Å². The van der Waals surface area contributed by atoms with Gasteiger partial charge in [-0.15, -0.1) is 0 Å². The normalized spacial score (nSPS) is 14.4. The summed E-state index contributed by atoms with van der Waals surface area (Å²) in [7, 11) is 1.83. The number of hydrogen-bond acceptors (Lipinski definition) is 6. The van der Waals surface area contributed by atoms with E-state index in [0.29, 0.717) is 0 Å². The third kappa shape index (κ3) is 3.73. The molecule has 24 heavy (non-hydrogen) atoms. The fraction of sp³-hybridized carbons (Fsp3) is 0.353. The largest absolute Gasteiger partial charge is 0.373 e. The summed E-state index contributed by atoms with van der Waals surface area (Å²) in [5, 5.41) is 6.26. The van der Waals surface area contributed by atoms with Crippen LogP contribution >= 0.6 is 0 Å². The van der Waals surface area contributed by atoms with Crippen LogP contribution in [0.25, 0.3) is 0 Å². The lowest BCUT2D eigenvalue weighted by Crippen LogP contribution is -2.48. The van der Waals surface area contributed by atoms with Crippen LogP contribution in [0.5, 0.6) is 0 Å². The highest BCUT2D eigenvalue weighted by molar-refractivity contribution is 5.73. The number of carbonyl (C=O) groups excluding carboxylic acids is 1. The molecule has 0 unspecified atom stereocenters. The molecule has 0 spiro atoms. The minimum Gasteiger partial charge on any atom is -0.373 e. The smallest absolute Gasteiger partial charge is 0.219 e. The summed E-state index contributed by atoms with van der Waals surface area (Å²) in [6.45, 7) is 4.92. The summed E-state index contributed by atoms with van der Waals surface area (Å²) in [6.07, 6.45) is 1.52. The van der Waals surface area contributed by atoms with Gasteiger partial charge in [-0.05, 0) is 24.3 Å². The van der Waals surface area contributed by atoms with Crippen LogP contribution in [0.15, 0.2) is 36.7 Å². The average Bonchev–Trinajstić information content (AvgIpc) is 2.62. The molecule has 0 aliphatic carbocycles. The summed E-state index contributed by atoms with van der Waals surface area (Å²) < 4.78 is 0. The molecule has 1 fully saturated rings. The molecule has 1 aromatic heterocycles. The lowest BCUT2D eigenvalue weighted by atomic mass is 10.2. The number of piperazine rings is 1. The molecule has 2 heterocycles. The first kappa shape index (κ1) is 16.0. The van der Waals surface area contributed by atoms with Gasteiger partial charge < -0.3 is 20.4 Å². The van der Waals surface area contributed by atoms with E-state index in [-0.39, 0.29) is 5.91 Å². The third-order valence-electron chi connectivity index (χ3n) is 4.15. The first-order chi connectivity index (χ1) is 11.7. The maximum Gasteiger partial charge on any atom is 0.219 e. The van der Waals surface area contributed by atoms with Crippen LogP contribution < -0.4 is 15.5 Å². The first-order valence-electron chi connectivity index (χ1n) is 8.03. The van der Waals surface area contributed by atoms with Gasteiger partial charge in [-0.3, -0.25) is 4.79 Å². The topological polar surface area (TPSA) is 73.4 Å². The van der Waals surface area contributed by atoms with Crippen molar-refractivity contribution in [2.45, 2.75) is 6.92 Å². The number of carbonyl (C=O) groups is 1. The predicted molar refractivity (Wildman–Crippen MR) is 95.8 cm³/mol. The van der Waals surface area contributed by atoms with E-state index in [1.165, 1.54) is 12.0 Å². The Hall–Kier alpha value is -2.83. The highest BCUT2D eigenvalue weighted by Crippen LogP contribution is 2.22. The van der Waals surface area contributed by atoms with E-state index in [0.717, 1.165) is 43.5 Å². The predicted octanol–water partition coefficient (Wildman–Crippen LogP) is 1.93. The van der Waals surface area contributed by atoms with Gasteiger partial charge in [0.05, 0.1) is 0 Å². The molecule has 3 rings (SSSR count). The van der Waals surface area contributed by atoms with E-state index in [4.69, 9.17) is 0 Å². The Labute approximate surface area is 141 Å². The third-order valence-corrected chi connectivity index (χ3v) is 4.15. The van der Waals surface area contributed by atoms with Crippen molar-refractivity contribution in [2.75, 3.05) is 48.8 Å². The molecule has 7 nitrogen and oxygen atoms in total. The van der Waals surface area contributed by atoms with Gasteiger partial charge in [0.25, 0.3) is 0 Å². The minimum absolute atomic E-state index is 0.153. The lowest BCUT2D eigenvalue weighted by molar-refractivity contribution is -0.129. The zero-order valence-electron chi connectivity index (χ0n) is 14.0. The van der Waals surface area contributed by atoms with Crippen LogP contribution in [-0.2, 0) is 4.79 Å². The molecule has 0 radical (unpaired) electrons. The molecule has 126 valence electrons. The summed E-state index contributed by atoms with van der Waals surface area (Å²) in [5.41, 5.74) is 2.14. The summed E-state index contributed by atoms with van der Waals surface area (Å²) >= 11 is 0. The molecule has 1 saturated heterocycles. The van der Waals surface area contributed by atoms with Crippen molar-refractivity contribution in [3.8, 4) is 0 Å². The Morgan fingerprint density at radius 3 is 2.33 bits per heavy atom. The highest BCUT2D eigenvalue weighted by Gasteiger charge is 2.18. The zero-order chi connectivity index (χ0) is 16.9. The molecule has 1 amide bonds. The number of hydrogen-bond donors (Lipinski definition) is 2. The number of rotatable bonds is 4. The van der Waals surface area contributed by atoms with E-state index in [2.05, 4.69) is 37.6 Å². The Bertz CT molecular complexity index is 694. The van der Waals surface area contributed by atoms with E-state index < -0.39 is 0 Å². The van der Waals surface area contributed by atoms with Gasteiger partial charge >= 0.3 is 0 Å². The molecule has 1 aliphatic rings. The molecular weight excluding hydrogens is 304 g/mol. The van der Waals surface area contributed by atoms with Crippen LogP contribution in [0.4, 0.5) is 23.0 Å². The summed E-state index contributed by atoms with van der Waals surface area (Å²) in [6, 6.07) is 10.1. The molecule has 0 bridgehead atoms. The van der Waals surface area contributed by atoms with Crippen molar-refractivity contribution in [1.82, 2.24) is 14.9 Å². The average molecular weight is 326 g/mol. The van der Waals surface area contributed by atoms with Crippen molar-refractivity contribution in [3.05, 3.63) is 36.7 Å². The maximum absolute atomic E-state index is 11.4. The number of amides is 1. The van der Waals surface area contributed by atoms with Crippen molar-refractivity contribution in [3.63, 3.8) is 0 Å². The van der Waals surface area contributed by atoms with Gasteiger partial charge in [0.15, 0.2) is 0 Å². The van der Waals surface area contributed by atoms with Crippen LogP contribution in [0.1, 0.15) is 6.92 Å². The second-order valence-electron chi connectivity index (χ2n) is 5.70. The minimum atomic E-state index is 0.153. The molecule has 2 aromatic rings. The molecule has 1 aliphatic heterocycles. The fourth-order valence-electron chi connectivity index (χ4n) is 2.75. The summed E-state index contributed by atoms with van der Waals surface area (Å²) in [5.74, 6) is 1.67. The lowest BCUT2D eigenvalue weighted by Gasteiger charge is -2.35. The van der Waals surface area contributed by atoms with E-state index in [9.17, 15) is 4.79 Å². The van der Waals surface area contributed by atoms with E-state index in [1.807, 2.05) is 30.1 Å². The zero-order valence-corrected chi connectivity index (χ0v) is 14.0. The van der Waals surface area contributed by atoms with Crippen LogP contribution in [0, 0.1) is 0 Å². The van der Waals surface area contributed by atoms with E-state index in [1.54, 1.807) is 6.92 Å². The molecule has 7 heteroatoms. The number of benzene rings is 1. The quantitative estimate of drug-likeness (QED) is 0.894. The van der Waals surface area contributed by atoms with Crippen molar-refractivity contribution >= 4 is 28.9 Å². The van der Waals surface area contributed by atoms with Crippen molar-refractivity contribution in [2.24, 2.45) is 0 Å². The molecule has 0 saturated carbocycles. The number of nitrogens with one attached hydrogen (secondary N) is 2. The monoisotopic (exact) mass is 326 g/mol. The Balaban J connectivity index is 1.62. The second-order valence-corrected chi connectivity index (χ2v) is 5.70. The number of nitrogens with zero attached hydrogens (tertiary/aromatic N) is 4. The molecule has 1 aromatic carbocycles.